The summed E-state index contributed by atoms with van der Waals surface area (Å²) in [7, 11) is 0. The van der Waals surface area contributed by atoms with E-state index in [4.69, 9.17) is 9.26 Å². The van der Waals surface area contributed by atoms with E-state index in [9.17, 15) is 9.59 Å². The molecule has 2 fully saturated rings. The number of amides is 1. The van der Waals surface area contributed by atoms with Crippen LogP contribution in [-0.4, -0.2) is 39.6 Å². The van der Waals surface area contributed by atoms with Crippen molar-refractivity contribution >= 4 is 11.9 Å². The van der Waals surface area contributed by atoms with Crippen molar-refractivity contribution in [2.24, 2.45) is 5.92 Å². The largest absolute Gasteiger partial charge is 0.444 e. The number of ether oxygens (including phenoxy) is 1. The molecule has 2 unspecified atom stereocenters. The highest BCUT2D eigenvalue weighted by molar-refractivity contribution is 5.99. The second kappa shape index (κ2) is 6.46. The molecule has 2 saturated heterocycles. The Bertz CT molecular complexity index is 640. The molecule has 1 amide bonds. The third kappa shape index (κ3) is 3.58. The minimum Gasteiger partial charge on any atom is -0.444 e. The number of fused-ring (bicyclic) bond motifs is 2. The molecule has 0 aliphatic carbocycles. The maximum absolute atomic E-state index is 13.0. The highest BCUT2D eigenvalue weighted by Crippen LogP contribution is 2.39. The average Bonchev–Trinajstić information content (AvgIpc) is 2.82. The second-order valence-corrected chi connectivity index (χ2v) is 8.36. The molecule has 2 bridgehead atoms. The fraction of sp³-hybridized carbons (Fsp3) is 0.737. The summed E-state index contributed by atoms with van der Waals surface area (Å²) < 4.78 is 10.8. The zero-order chi connectivity index (χ0) is 18.4. The van der Waals surface area contributed by atoms with Gasteiger partial charge in [0.05, 0.1) is 11.3 Å². The van der Waals surface area contributed by atoms with E-state index in [1.165, 1.54) is 0 Å². The Morgan fingerprint density at radius 3 is 2.24 bits per heavy atom. The molecule has 2 atom stereocenters. The average molecular weight is 348 g/mol. The number of nitrogens with zero attached hydrogens (tertiary/aromatic N) is 2. The van der Waals surface area contributed by atoms with Crippen LogP contribution in [0.1, 0.15) is 74.7 Å². The summed E-state index contributed by atoms with van der Waals surface area (Å²) in [6, 6.07) is 0.161. The molecule has 0 N–H and O–H groups in total. The SMILES string of the molecule is Cc1noc(C)c1C(=O)C1CC2CCCC(C1)N2C(=O)OC(C)(C)C. The lowest BCUT2D eigenvalue weighted by molar-refractivity contribution is -0.0261. The predicted octanol–water partition coefficient (Wildman–Crippen LogP) is 4.04. The first-order valence-corrected chi connectivity index (χ1v) is 9.15. The van der Waals surface area contributed by atoms with Crippen LogP contribution in [0.15, 0.2) is 4.52 Å². The van der Waals surface area contributed by atoms with Gasteiger partial charge in [0, 0.05) is 18.0 Å². The standard InChI is InChI=1S/C19H28N2O4/c1-11-16(12(2)25-20-11)17(22)13-9-14-7-6-8-15(10-13)21(14)18(23)24-19(3,4)5/h13-15H,6-10H2,1-5H3. The fourth-order valence-corrected chi connectivity index (χ4v) is 4.25. The molecule has 1 aromatic heterocycles. The summed E-state index contributed by atoms with van der Waals surface area (Å²) in [4.78, 5) is 27.5. The maximum atomic E-state index is 13.0. The first-order chi connectivity index (χ1) is 11.7. The monoisotopic (exact) mass is 348 g/mol. The molecular formula is C19H28N2O4. The van der Waals surface area contributed by atoms with E-state index in [0.717, 1.165) is 19.3 Å². The quantitative estimate of drug-likeness (QED) is 0.754. The van der Waals surface area contributed by atoms with Gasteiger partial charge in [-0.05, 0) is 66.7 Å². The Kier molecular flexibility index (Phi) is 4.64. The van der Waals surface area contributed by atoms with Crippen molar-refractivity contribution < 1.29 is 18.8 Å². The van der Waals surface area contributed by atoms with Crippen molar-refractivity contribution in [3.63, 3.8) is 0 Å². The molecular weight excluding hydrogens is 320 g/mol. The number of ketones is 1. The van der Waals surface area contributed by atoms with Crippen molar-refractivity contribution in [2.75, 3.05) is 0 Å². The molecule has 6 heteroatoms. The number of carbonyl (C=O) groups excluding carboxylic acids is 2. The lowest BCUT2D eigenvalue weighted by atomic mass is 9.75. The number of aryl methyl sites for hydroxylation is 2. The summed E-state index contributed by atoms with van der Waals surface area (Å²) in [6.45, 7) is 9.24. The number of hydrogen-bond acceptors (Lipinski definition) is 5. The predicted molar refractivity (Wildman–Crippen MR) is 92.5 cm³/mol. The van der Waals surface area contributed by atoms with Crippen LogP contribution in [-0.2, 0) is 4.74 Å². The third-order valence-electron chi connectivity index (χ3n) is 5.23. The normalized spacial score (nSPS) is 26.4. The number of hydrogen-bond donors (Lipinski definition) is 0. The van der Waals surface area contributed by atoms with Crippen LogP contribution in [0.5, 0.6) is 0 Å². The van der Waals surface area contributed by atoms with Crippen molar-refractivity contribution in [2.45, 2.75) is 84.4 Å². The molecule has 0 aromatic carbocycles. The summed E-state index contributed by atoms with van der Waals surface area (Å²) in [6.07, 6.45) is 4.10. The topological polar surface area (TPSA) is 72.6 Å². The van der Waals surface area contributed by atoms with Gasteiger partial charge in [-0.25, -0.2) is 4.79 Å². The van der Waals surface area contributed by atoms with Crippen molar-refractivity contribution in [3.8, 4) is 0 Å². The van der Waals surface area contributed by atoms with Gasteiger partial charge in [-0.1, -0.05) is 5.16 Å². The Labute approximate surface area is 148 Å². The first-order valence-electron chi connectivity index (χ1n) is 9.15. The zero-order valence-corrected chi connectivity index (χ0v) is 15.8. The van der Waals surface area contributed by atoms with Gasteiger partial charge in [0.2, 0.25) is 0 Å². The molecule has 0 spiro atoms. The lowest BCUT2D eigenvalue weighted by Crippen LogP contribution is -2.56. The Balaban J connectivity index is 1.77. The van der Waals surface area contributed by atoms with E-state index in [0.29, 0.717) is 29.9 Å². The van der Waals surface area contributed by atoms with Gasteiger partial charge in [0.15, 0.2) is 5.78 Å². The highest BCUT2D eigenvalue weighted by Gasteiger charge is 2.45. The zero-order valence-electron chi connectivity index (χ0n) is 15.8. The van der Waals surface area contributed by atoms with E-state index in [1.54, 1.807) is 13.8 Å². The molecule has 138 valence electrons. The van der Waals surface area contributed by atoms with Crippen LogP contribution in [0, 0.1) is 19.8 Å². The van der Waals surface area contributed by atoms with Gasteiger partial charge in [-0.2, -0.15) is 0 Å². The Morgan fingerprint density at radius 1 is 1.16 bits per heavy atom. The minimum atomic E-state index is -0.505. The van der Waals surface area contributed by atoms with Crippen LogP contribution in [0.2, 0.25) is 0 Å². The lowest BCUT2D eigenvalue weighted by Gasteiger charge is -2.48. The Morgan fingerprint density at radius 2 is 1.76 bits per heavy atom. The minimum absolute atomic E-state index is 0.0780. The molecule has 6 nitrogen and oxygen atoms in total. The number of carbonyl (C=O) groups is 2. The van der Waals surface area contributed by atoms with E-state index in [1.807, 2.05) is 25.7 Å². The Hall–Kier alpha value is -1.85. The van der Waals surface area contributed by atoms with Crippen molar-refractivity contribution in [1.29, 1.82) is 0 Å². The molecule has 0 radical (unpaired) electrons. The maximum Gasteiger partial charge on any atom is 0.410 e. The first kappa shape index (κ1) is 18.0. The van der Waals surface area contributed by atoms with Gasteiger partial charge in [-0.3, -0.25) is 4.79 Å². The van der Waals surface area contributed by atoms with Crippen molar-refractivity contribution in [1.82, 2.24) is 10.1 Å². The van der Waals surface area contributed by atoms with Crippen LogP contribution in [0.4, 0.5) is 4.79 Å². The van der Waals surface area contributed by atoms with Crippen LogP contribution < -0.4 is 0 Å². The molecule has 0 saturated carbocycles. The van der Waals surface area contributed by atoms with Crippen molar-refractivity contribution in [3.05, 3.63) is 17.0 Å². The van der Waals surface area contributed by atoms with Crippen LogP contribution in [0.25, 0.3) is 0 Å². The van der Waals surface area contributed by atoms with Gasteiger partial charge >= 0.3 is 6.09 Å². The van der Waals surface area contributed by atoms with Gasteiger partial charge in [0.1, 0.15) is 11.4 Å². The summed E-state index contributed by atoms with van der Waals surface area (Å²) in [5.41, 5.74) is 0.769. The third-order valence-corrected chi connectivity index (χ3v) is 5.23. The second-order valence-electron chi connectivity index (χ2n) is 8.36. The number of Topliss-reactive ketones (excluding diaryl/α,β-unsaturated/α-hetero) is 1. The summed E-state index contributed by atoms with van der Waals surface area (Å²) >= 11 is 0. The van der Waals surface area contributed by atoms with E-state index >= 15 is 0 Å². The fourth-order valence-electron chi connectivity index (χ4n) is 4.25. The van der Waals surface area contributed by atoms with Gasteiger partial charge < -0.3 is 14.2 Å². The van der Waals surface area contributed by atoms with E-state index < -0.39 is 5.60 Å². The highest BCUT2D eigenvalue weighted by atomic mass is 16.6. The van der Waals surface area contributed by atoms with Crippen LogP contribution in [0.3, 0.4) is 0 Å². The molecule has 2 aliphatic heterocycles. The van der Waals surface area contributed by atoms with Gasteiger partial charge in [-0.15, -0.1) is 0 Å². The summed E-state index contributed by atoms with van der Waals surface area (Å²) in [5, 5.41) is 3.91. The molecule has 25 heavy (non-hydrogen) atoms. The van der Waals surface area contributed by atoms with E-state index in [2.05, 4.69) is 5.16 Å². The number of rotatable bonds is 2. The van der Waals surface area contributed by atoms with Gasteiger partial charge in [0.25, 0.3) is 0 Å². The molecule has 1 aromatic rings. The molecule has 3 rings (SSSR count). The van der Waals surface area contributed by atoms with Crippen LogP contribution >= 0.6 is 0 Å². The summed E-state index contributed by atoms with van der Waals surface area (Å²) in [5.74, 6) is 0.616. The number of aromatic nitrogens is 1. The number of piperidine rings is 2. The smallest absolute Gasteiger partial charge is 0.410 e. The van der Waals surface area contributed by atoms with E-state index in [-0.39, 0.29) is 29.9 Å². The molecule has 2 aliphatic rings. The molecule has 3 heterocycles.